The Hall–Kier alpha value is -2.90. The molecule has 3 aromatic rings. The Morgan fingerprint density at radius 1 is 1.00 bits per heavy atom. The lowest BCUT2D eigenvalue weighted by molar-refractivity contribution is -0.118. The van der Waals surface area contributed by atoms with Crippen LogP contribution in [-0.4, -0.2) is 49.6 Å². The largest absolute Gasteiger partial charge is 0.483 e. The number of anilines is 1. The summed E-state index contributed by atoms with van der Waals surface area (Å²) in [6.45, 7) is 2.20. The van der Waals surface area contributed by atoms with Gasteiger partial charge in [-0.15, -0.1) is 0 Å². The molecule has 1 aliphatic rings. The molecule has 0 radical (unpaired) electrons. The molecule has 0 unspecified atom stereocenters. The molecule has 1 saturated heterocycles. The number of carbonyl (C=O) groups is 2. The number of halogens is 1. The van der Waals surface area contributed by atoms with Gasteiger partial charge in [0.2, 0.25) is 0 Å². The first-order valence-electron chi connectivity index (χ1n) is 9.69. The van der Waals surface area contributed by atoms with E-state index in [-0.39, 0.29) is 18.4 Å². The predicted molar refractivity (Wildman–Crippen MR) is 119 cm³/mol. The van der Waals surface area contributed by atoms with Crippen molar-refractivity contribution in [3.05, 3.63) is 70.7 Å². The third kappa shape index (κ3) is 4.63. The highest BCUT2D eigenvalue weighted by atomic mass is 79.9. The molecule has 0 aromatic heterocycles. The van der Waals surface area contributed by atoms with Crippen LogP contribution in [0.4, 0.5) is 5.69 Å². The van der Waals surface area contributed by atoms with E-state index in [1.54, 1.807) is 29.2 Å². The van der Waals surface area contributed by atoms with Gasteiger partial charge in [0.25, 0.3) is 11.8 Å². The molecular weight excluding hydrogens is 448 g/mol. The fraction of sp³-hybridized carbons (Fsp3) is 0.217. The smallest absolute Gasteiger partial charge is 0.262 e. The molecule has 30 heavy (non-hydrogen) atoms. The van der Waals surface area contributed by atoms with E-state index in [1.807, 2.05) is 36.4 Å². The number of ether oxygens (including phenoxy) is 2. The summed E-state index contributed by atoms with van der Waals surface area (Å²) in [5.41, 5.74) is 1.20. The number of nitrogens with zero attached hydrogens (tertiary/aromatic N) is 1. The number of amides is 2. The lowest BCUT2D eigenvalue weighted by Gasteiger charge is -2.26. The molecule has 0 saturated carbocycles. The van der Waals surface area contributed by atoms with E-state index >= 15 is 0 Å². The Morgan fingerprint density at radius 3 is 2.50 bits per heavy atom. The molecule has 0 atom stereocenters. The topological polar surface area (TPSA) is 67.9 Å². The van der Waals surface area contributed by atoms with Crippen molar-refractivity contribution in [3.63, 3.8) is 0 Å². The summed E-state index contributed by atoms with van der Waals surface area (Å²) < 4.78 is 11.8. The molecule has 2 amide bonds. The molecule has 0 aliphatic carbocycles. The average molecular weight is 469 g/mol. The van der Waals surface area contributed by atoms with Crippen LogP contribution in [0, 0.1) is 0 Å². The second-order valence-corrected chi connectivity index (χ2v) is 7.71. The van der Waals surface area contributed by atoms with Crippen LogP contribution in [0.15, 0.2) is 65.1 Å². The molecule has 1 heterocycles. The maximum atomic E-state index is 12.5. The second kappa shape index (κ2) is 9.28. The van der Waals surface area contributed by atoms with E-state index in [4.69, 9.17) is 9.47 Å². The van der Waals surface area contributed by atoms with Crippen LogP contribution in [0.1, 0.15) is 10.4 Å². The van der Waals surface area contributed by atoms with E-state index in [0.717, 1.165) is 15.2 Å². The third-order valence-electron chi connectivity index (χ3n) is 4.90. The summed E-state index contributed by atoms with van der Waals surface area (Å²) in [5.74, 6) is 0.304. The van der Waals surface area contributed by atoms with Crippen LogP contribution in [0.25, 0.3) is 10.8 Å². The molecule has 1 fully saturated rings. The van der Waals surface area contributed by atoms with Gasteiger partial charge in [-0.05, 0) is 57.0 Å². The summed E-state index contributed by atoms with van der Waals surface area (Å²) in [6.07, 6.45) is 0. The van der Waals surface area contributed by atoms with E-state index in [2.05, 4.69) is 21.2 Å². The van der Waals surface area contributed by atoms with Gasteiger partial charge in [0.1, 0.15) is 5.75 Å². The maximum absolute atomic E-state index is 12.5. The van der Waals surface area contributed by atoms with E-state index in [1.165, 1.54) is 0 Å². The molecule has 154 valence electrons. The molecule has 0 spiro atoms. The Labute approximate surface area is 182 Å². The van der Waals surface area contributed by atoms with Crippen molar-refractivity contribution in [2.24, 2.45) is 0 Å². The van der Waals surface area contributed by atoms with Crippen LogP contribution >= 0.6 is 15.9 Å². The van der Waals surface area contributed by atoms with Gasteiger partial charge in [0.15, 0.2) is 6.61 Å². The average Bonchev–Trinajstić information content (AvgIpc) is 2.79. The Kier molecular flexibility index (Phi) is 6.30. The highest BCUT2D eigenvalue weighted by Gasteiger charge is 2.18. The van der Waals surface area contributed by atoms with Gasteiger partial charge in [0, 0.05) is 24.3 Å². The summed E-state index contributed by atoms with van der Waals surface area (Å²) in [4.78, 5) is 26.5. The summed E-state index contributed by atoms with van der Waals surface area (Å²) >= 11 is 3.55. The van der Waals surface area contributed by atoms with Gasteiger partial charge in [-0.2, -0.15) is 0 Å². The number of benzene rings is 3. The van der Waals surface area contributed by atoms with Crippen molar-refractivity contribution in [3.8, 4) is 5.75 Å². The van der Waals surface area contributed by atoms with Gasteiger partial charge in [-0.25, -0.2) is 0 Å². The van der Waals surface area contributed by atoms with Crippen molar-refractivity contribution < 1.29 is 19.1 Å². The number of morpholine rings is 1. The summed E-state index contributed by atoms with van der Waals surface area (Å²) in [5, 5.41) is 4.90. The van der Waals surface area contributed by atoms with Crippen molar-refractivity contribution in [2.75, 3.05) is 38.2 Å². The Morgan fingerprint density at radius 2 is 1.73 bits per heavy atom. The van der Waals surface area contributed by atoms with E-state index in [9.17, 15) is 9.59 Å². The van der Waals surface area contributed by atoms with Crippen molar-refractivity contribution in [1.29, 1.82) is 0 Å². The first-order valence-corrected chi connectivity index (χ1v) is 10.5. The van der Waals surface area contributed by atoms with Gasteiger partial charge < -0.3 is 19.7 Å². The zero-order chi connectivity index (χ0) is 20.9. The summed E-state index contributed by atoms with van der Waals surface area (Å²) in [6, 6.07) is 18.6. The molecule has 1 aliphatic heterocycles. The van der Waals surface area contributed by atoms with Crippen molar-refractivity contribution in [1.82, 2.24) is 4.90 Å². The lowest BCUT2D eigenvalue weighted by Crippen LogP contribution is -2.40. The first-order chi connectivity index (χ1) is 14.6. The molecule has 1 N–H and O–H groups in total. The SMILES string of the molecule is O=C(COc1ccc2ccccc2c1Br)Nc1ccc(C(=O)N2CCOCC2)cc1. The Bertz CT molecular complexity index is 1060. The molecule has 7 heteroatoms. The normalized spacial score (nSPS) is 13.8. The van der Waals surface area contributed by atoms with Gasteiger partial charge >= 0.3 is 0 Å². The minimum absolute atomic E-state index is 0.0272. The summed E-state index contributed by atoms with van der Waals surface area (Å²) in [7, 11) is 0. The highest BCUT2D eigenvalue weighted by molar-refractivity contribution is 9.10. The number of fused-ring (bicyclic) bond motifs is 1. The minimum atomic E-state index is -0.276. The predicted octanol–water partition coefficient (Wildman–Crippen LogP) is 4.09. The van der Waals surface area contributed by atoms with Crippen LogP contribution in [0.5, 0.6) is 5.75 Å². The quantitative estimate of drug-likeness (QED) is 0.612. The fourth-order valence-corrected chi connectivity index (χ4v) is 3.92. The lowest BCUT2D eigenvalue weighted by atomic mass is 10.1. The number of nitrogens with one attached hydrogen (secondary N) is 1. The standard InChI is InChI=1S/C23H21BrN2O4/c24-22-19-4-2-1-3-16(19)7-10-20(22)30-15-21(27)25-18-8-5-17(6-9-18)23(28)26-11-13-29-14-12-26/h1-10H,11-15H2,(H,25,27). The molecule has 0 bridgehead atoms. The van der Waals surface area contributed by atoms with Gasteiger partial charge in [-0.1, -0.05) is 30.3 Å². The van der Waals surface area contributed by atoms with Crippen molar-refractivity contribution >= 4 is 44.2 Å². The molecule has 6 nitrogen and oxygen atoms in total. The molecule has 3 aromatic carbocycles. The van der Waals surface area contributed by atoms with Crippen LogP contribution < -0.4 is 10.1 Å². The number of hydrogen-bond acceptors (Lipinski definition) is 4. The Balaban J connectivity index is 1.34. The molecule has 4 rings (SSSR count). The van der Waals surface area contributed by atoms with Gasteiger partial charge in [0.05, 0.1) is 17.7 Å². The molecular formula is C23H21BrN2O4. The van der Waals surface area contributed by atoms with Crippen LogP contribution in [0.2, 0.25) is 0 Å². The zero-order valence-electron chi connectivity index (χ0n) is 16.3. The zero-order valence-corrected chi connectivity index (χ0v) is 17.9. The van der Waals surface area contributed by atoms with Gasteiger partial charge in [-0.3, -0.25) is 9.59 Å². The van der Waals surface area contributed by atoms with Crippen molar-refractivity contribution in [2.45, 2.75) is 0 Å². The fourth-order valence-electron chi connectivity index (χ4n) is 3.31. The van der Waals surface area contributed by atoms with E-state index in [0.29, 0.717) is 43.3 Å². The second-order valence-electron chi connectivity index (χ2n) is 6.92. The number of rotatable bonds is 5. The van der Waals surface area contributed by atoms with Crippen LogP contribution in [-0.2, 0) is 9.53 Å². The number of hydrogen-bond donors (Lipinski definition) is 1. The minimum Gasteiger partial charge on any atom is -0.483 e. The first kappa shape index (κ1) is 20.4. The highest BCUT2D eigenvalue weighted by Crippen LogP contribution is 2.33. The third-order valence-corrected chi connectivity index (χ3v) is 5.72. The monoisotopic (exact) mass is 468 g/mol. The van der Waals surface area contributed by atoms with E-state index < -0.39 is 0 Å². The number of carbonyl (C=O) groups excluding carboxylic acids is 2. The maximum Gasteiger partial charge on any atom is 0.262 e. The van der Waals surface area contributed by atoms with Crippen LogP contribution in [0.3, 0.4) is 0 Å².